The van der Waals surface area contributed by atoms with Crippen LogP contribution in [-0.4, -0.2) is 36.1 Å². The van der Waals surface area contributed by atoms with E-state index in [2.05, 4.69) is 15.3 Å². The van der Waals surface area contributed by atoms with Crippen LogP contribution in [0.5, 0.6) is 0 Å². The van der Waals surface area contributed by atoms with Crippen LogP contribution < -0.4 is 0 Å². The number of carboxylic acid groups (broad SMARTS) is 1. The van der Waals surface area contributed by atoms with Crippen LogP contribution in [0.3, 0.4) is 0 Å². The van der Waals surface area contributed by atoms with Crippen LogP contribution in [0.15, 0.2) is 41.4 Å². The number of unbranched alkanes of at least 4 members (excludes halogenated alkanes) is 1. The Kier molecular flexibility index (Phi) is 5.55. The quantitative estimate of drug-likeness (QED) is 0.623. The van der Waals surface area contributed by atoms with E-state index in [0.29, 0.717) is 27.9 Å². The lowest BCUT2D eigenvalue weighted by Crippen LogP contribution is -2.16. The number of hydrogen-bond donors (Lipinski definition) is 1. The minimum Gasteiger partial charge on any atom is -0.480 e. The molecule has 0 saturated heterocycles. The lowest BCUT2D eigenvalue weighted by atomic mass is 10.2. The van der Waals surface area contributed by atoms with Gasteiger partial charge in [-0.05, 0) is 42.8 Å². The van der Waals surface area contributed by atoms with Gasteiger partial charge >= 0.3 is 5.97 Å². The lowest BCUT2D eigenvalue weighted by Gasteiger charge is -2.10. The molecule has 3 aromatic rings. The molecule has 2 heterocycles. The molecule has 0 aliphatic rings. The number of carboxylic acids is 1. The highest BCUT2D eigenvalue weighted by molar-refractivity contribution is 8.00. The van der Waals surface area contributed by atoms with Crippen molar-refractivity contribution < 1.29 is 9.90 Å². The molecule has 0 aliphatic heterocycles. The number of nitrogens with zero attached hydrogens (tertiary/aromatic N) is 4. The molecule has 1 unspecified atom stereocenters. The van der Waals surface area contributed by atoms with Crippen LogP contribution >= 0.6 is 23.4 Å². The maximum absolute atomic E-state index is 11.5. The Labute approximate surface area is 154 Å². The molecular formula is C17H17ClN4O2S. The molecule has 1 aromatic carbocycles. The molecule has 0 radical (unpaired) electrons. The van der Waals surface area contributed by atoms with Crippen molar-refractivity contribution in [3.63, 3.8) is 0 Å². The van der Waals surface area contributed by atoms with Gasteiger partial charge in [-0.3, -0.25) is 4.79 Å². The Morgan fingerprint density at radius 1 is 1.24 bits per heavy atom. The van der Waals surface area contributed by atoms with Gasteiger partial charge in [0.1, 0.15) is 10.3 Å². The van der Waals surface area contributed by atoms with Gasteiger partial charge in [-0.1, -0.05) is 43.1 Å². The summed E-state index contributed by atoms with van der Waals surface area (Å²) in [4.78, 5) is 11.5. The SMILES string of the molecule is CCCCC(Sc1ccc2nnc(-c3ccc(Cl)cc3)n2n1)C(=O)O. The summed E-state index contributed by atoms with van der Waals surface area (Å²) in [6.45, 7) is 2.05. The first-order valence-corrected chi connectivity index (χ1v) is 9.22. The number of carbonyl (C=O) groups is 1. The maximum Gasteiger partial charge on any atom is 0.317 e. The molecule has 0 spiro atoms. The van der Waals surface area contributed by atoms with Crippen LogP contribution in [0.1, 0.15) is 26.2 Å². The van der Waals surface area contributed by atoms with Crippen LogP contribution in [0, 0.1) is 0 Å². The second-order valence-corrected chi connectivity index (χ2v) is 7.22. The van der Waals surface area contributed by atoms with Crippen LogP contribution in [0.25, 0.3) is 17.0 Å². The first-order chi connectivity index (χ1) is 12.1. The first kappa shape index (κ1) is 17.7. The molecule has 2 aromatic heterocycles. The third-order valence-electron chi connectivity index (χ3n) is 3.70. The van der Waals surface area contributed by atoms with E-state index in [4.69, 9.17) is 11.6 Å². The molecule has 6 nitrogen and oxygen atoms in total. The number of benzene rings is 1. The van der Waals surface area contributed by atoms with Gasteiger partial charge in [-0.25, -0.2) is 0 Å². The second-order valence-electron chi connectivity index (χ2n) is 5.56. The molecule has 130 valence electrons. The monoisotopic (exact) mass is 376 g/mol. The van der Waals surface area contributed by atoms with Crippen molar-refractivity contribution in [3.8, 4) is 11.4 Å². The smallest absolute Gasteiger partial charge is 0.317 e. The Morgan fingerprint density at radius 2 is 2.00 bits per heavy atom. The van der Waals surface area contributed by atoms with Gasteiger partial charge in [-0.15, -0.1) is 10.2 Å². The van der Waals surface area contributed by atoms with Gasteiger partial charge in [0.15, 0.2) is 11.5 Å². The Hall–Kier alpha value is -2.12. The fourth-order valence-corrected chi connectivity index (χ4v) is 3.46. The summed E-state index contributed by atoms with van der Waals surface area (Å²) < 4.78 is 1.63. The summed E-state index contributed by atoms with van der Waals surface area (Å²) in [6, 6.07) is 10.8. The van der Waals surface area contributed by atoms with E-state index in [1.807, 2.05) is 19.1 Å². The maximum atomic E-state index is 11.5. The number of thioether (sulfide) groups is 1. The fraction of sp³-hybridized carbons (Fsp3) is 0.294. The van der Waals surface area contributed by atoms with Crippen molar-refractivity contribution in [1.82, 2.24) is 19.8 Å². The van der Waals surface area contributed by atoms with Crippen molar-refractivity contribution in [1.29, 1.82) is 0 Å². The van der Waals surface area contributed by atoms with E-state index in [-0.39, 0.29) is 0 Å². The molecule has 0 saturated carbocycles. The first-order valence-electron chi connectivity index (χ1n) is 7.96. The zero-order valence-corrected chi connectivity index (χ0v) is 15.2. The third kappa shape index (κ3) is 4.11. The highest BCUT2D eigenvalue weighted by Gasteiger charge is 2.20. The molecule has 8 heteroatoms. The van der Waals surface area contributed by atoms with Gasteiger partial charge in [0.25, 0.3) is 0 Å². The van der Waals surface area contributed by atoms with E-state index in [0.717, 1.165) is 18.4 Å². The molecule has 1 N–H and O–H groups in total. The van der Waals surface area contributed by atoms with Crippen molar-refractivity contribution in [2.24, 2.45) is 0 Å². The average Bonchev–Trinajstić information content (AvgIpc) is 3.02. The number of aliphatic carboxylic acids is 1. The molecule has 25 heavy (non-hydrogen) atoms. The zero-order valence-electron chi connectivity index (χ0n) is 13.6. The molecule has 3 rings (SSSR count). The Balaban J connectivity index is 1.92. The summed E-state index contributed by atoms with van der Waals surface area (Å²) in [5.41, 5.74) is 1.45. The standard InChI is InChI=1S/C17H17ClN4O2S/c1-2-3-4-13(17(23)24)25-15-10-9-14-19-20-16(22(14)21-15)11-5-7-12(18)8-6-11/h5-10,13H,2-4H2,1H3,(H,23,24). The molecular weight excluding hydrogens is 360 g/mol. The van der Waals surface area contributed by atoms with Crippen LogP contribution in [0.4, 0.5) is 0 Å². The number of fused-ring (bicyclic) bond motifs is 1. The summed E-state index contributed by atoms with van der Waals surface area (Å²) in [5.74, 6) is -0.225. The van der Waals surface area contributed by atoms with Crippen molar-refractivity contribution >= 4 is 35.0 Å². The highest BCUT2D eigenvalue weighted by atomic mass is 35.5. The minimum atomic E-state index is -0.818. The Morgan fingerprint density at radius 3 is 2.68 bits per heavy atom. The largest absolute Gasteiger partial charge is 0.480 e. The lowest BCUT2D eigenvalue weighted by molar-refractivity contribution is -0.136. The number of aromatic nitrogens is 4. The normalized spacial score (nSPS) is 12.4. The zero-order chi connectivity index (χ0) is 17.8. The van der Waals surface area contributed by atoms with Crippen molar-refractivity contribution in [2.75, 3.05) is 0 Å². The molecule has 0 aliphatic carbocycles. The van der Waals surface area contributed by atoms with Gasteiger partial charge in [0.2, 0.25) is 0 Å². The number of halogens is 1. The molecule has 1 atom stereocenters. The van der Waals surface area contributed by atoms with Gasteiger partial charge in [0, 0.05) is 10.6 Å². The minimum absolute atomic E-state index is 0.514. The van der Waals surface area contributed by atoms with E-state index >= 15 is 0 Å². The molecule has 0 fully saturated rings. The summed E-state index contributed by atoms with van der Waals surface area (Å²) in [6.07, 6.45) is 2.44. The van der Waals surface area contributed by atoms with Crippen LogP contribution in [0.2, 0.25) is 5.02 Å². The van der Waals surface area contributed by atoms with Gasteiger partial charge in [0.05, 0.1) is 0 Å². The summed E-state index contributed by atoms with van der Waals surface area (Å²) >= 11 is 7.18. The van der Waals surface area contributed by atoms with E-state index in [9.17, 15) is 9.90 Å². The topological polar surface area (TPSA) is 80.4 Å². The fourth-order valence-electron chi connectivity index (χ4n) is 2.38. The van der Waals surface area contributed by atoms with Crippen LogP contribution in [-0.2, 0) is 4.79 Å². The summed E-state index contributed by atoms with van der Waals surface area (Å²) in [7, 11) is 0. The second kappa shape index (κ2) is 7.84. The highest BCUT2D eigenvalue weighted by Crippen LogP contribution is 2.27. The average molecular weight is 377 g/mol. The third-order valence-corrected chi connectivity index (χ3v) is 5.13. The van der Waals surface area contributed by atoms with E-state index < -0.39 is 11.2 Å². The predicted molar refractivity (Wildman–Crippen MR) is 98.0 cm³/mol. The Bertz CT molecular complexity index is 882. The molecule has 0 amide bonds. The van der Waals surface area contributed by atoms with Crippen molar-refractivity contribution in [2.45, 2.75) is 36.5 Å². The van der Waals surface area contributed by atoms with E-state index in [1.54, 1.807) is 28.8 Å². The number of hydrogen-bond acceptors (Lipinski definition) is 5. The van der Waals surface area contributed by atoms with Gasteiger partial charge < -0.3 is 5.11 Å². The number of rotatable bonds is 7. The predicted octanol–water partition coefficient (Wildman–Crippen LogP) is 4.18. The molecule has 0 bridgehead atoms. The summed E-state index contributed by atoms with van der Waals surface area (Å²) in [5, 5.41) is 23.0. The van der Waals surface area contributed by atoms with Crippen molar-refractivity contribution in [3.05, 3.63) is 41.4 Å². The van der Waals surface area contributed by atoms with E-state index in [1.165, 1.54) is 11.8 Å². The van der Waals surface area contributed by atoms with Gasteiger partial charge in [-0.2, -0.15) is 9.61 Å².